The Kier molecular flexibility index (Phi) is 5.03. The van der Waals surface area contributed by atoms with Crippen LogP contribution in [0.5, 0.6) is 5.75 Å². The Hall–Kier alpha value is -4.19. The fourth-order valence-electron chi connectivity index (χ4n) is 4.07. The van der Waals surface area contributed by atoms with Crippen molar-refractivity contribution in [1.82, 2.24) is 9.88 Å². The van der Waals surface area contributed by atoms with E-state index in [0.717, 1.165) is 11.1 Å². The van der Waals surface area contributed by atoms with Crippen LogP contribution in [-0.4, -0.2) is 22.4 Å². The number of nitrogens with zero attached hydrogens (tertiary/aromatic N) is 2. The van der Waals surface area contributed by atoms with Gasteiger partial charge in [0.25, 0.3) is 5.91 Å². The summed E-state index contributed by atoms with van der Waals surface area (Å²) in [6.07, 6.45) is 5.07. The van der Waals surface area contributed by atoms with Crippen LogP contribution in [-0.2, 0) is 6.54 Å². The Labute approximate surface area is 184 Å². The minimum absolute atomic E-state index is 0.0922. The van der Waals surface area contributed by atoms with Crippen LogP contribution >= 0.6 is 0 Å². The summed E-state index contributed by atoms with van der Waals surface area (Å²) < 4.78 is 11.5. The number of hydrogen-bond donors (Lipinski definition) is 0. The summed E-state index contributed by atoms with van der Waals surface area (Å²) in [6, 6.07) is 17.5. The first-order valence-corrected chi connectivity index (χ1v) is 10.3. The summed E-state index contributed by atoms with van der Waals surface area (Å²) in [7, 11) is 0. The molecule has 1 amide bonds. The average molecular weight is 424 g/mol. The molecule has 2 aromatic carbocycles. The molecular formula is C26H20N2O4. The van der Waals surface area contributed by atoms with E-state index in [9.17, 15) is 9.59 Å². The highest BCUT2D eigenvalue weighted by Crippen LogP contribution is 2.39. The standard InChI is InChI=1S/C26H20N2O4/c1-2-14-31-19-11-9-18(10-12-19)23-22-24(29)20-7-3-4-8-21(20)32-25(22)26(30)28(23)16-17-6-5-13-27-15-17/h2-13,15,23H,1,14,16H2/t23-/m1/s1. The molecule has 0 bridgehead atoms. The molecule has 6 nitrogen and oxygen atoms in total. The molecular weight excluding hydrogens is 404 g/mol. The Morgan fingerprint density at radius 3 is 2.62 bits per heavy atom. The van der Waals surface area contributed by atoms with Crippen molar-refractivity contribution in [2.75, 3.05) is 6.61 Å². The molecule has 0 fully saturated rings. The second-order valence-electron chi connectivity index (χ2n) is 7.54. The molecule has 158 valence electrons. The summed E-state index contributed by atoms with van der Waals surface area (Å²) in [5.41, 5.74) is 2.23. The van der Waals surface area contributed by atoms with Gasteiger partial charge in [0.15, 0.2) is 5.43 Å². The lowest BCUT2D eigenvalue weighted by atomic mass is 9.98. The number of amides is 1. The third-order valence-electron chi connectivity index (χ3n) is 5.51. The molecule has 1 aliphatic rings. The van der Waals surface area contributed by atoms with Gasteiger partial charge in [0.05, 0.1) is 17.0 Å². The number of hydrogen-bond acceptors (Lipinski definition) is 5. The number of rotatable bonds is 6. The Bertz CT molecular complexity index is 1360. The van der Waals surface area contributed by atoms with Gasteiger partial charge in [-0.2, -0.15) is 0 Å². The van der Waals surface area contributed by atoms with Crippen molar-refractivity contribution >= 4 is 16.9 Å². The van der Waals surface area contributed by atoms with Gasteiger partial charge in [-0.15, -0.1) is 0 Å². The van der Waals surface area contributed by atoms with Gasteiger partial charge in [0, 0.05) is 18.9 Å². The van der Waals surface area contributed by atoms with Gasteiger partial charge >= 0.3 is 0 Å². The molecule has 0 unspecified atom stereocenters. The highest BCUT2D eigenvalue weighted by atomic mass is 16.5. The first kappa shape index (κ1) is 19.8. The Balaban J connectivity index is 1.65. The normalized spacial score (nSPS) is 15.1. The van der Waals surface area contributed by atoms with Crippen LogP contribution in [0.3, 0.4) is 0 Å². The van der Waals surface area contributed by atoms with Crippen LogP contribution in [0.15, 0.2) is 94.9 Å². The van der Waals surface area contributed by atoms with Gasteiger partial charge in [-0.25, -0.2) is 0 Å². The Morgan fingerprint density at radius 1 is 1.06 bits per heavy atom. The number of para-hydroxylation sites is 1. The summed E-state index contributed by atoms with van der Waals surface area (Å²) in [5.74, 6) is 0.459. The highest BCUT2D eigenvalue weighted by Gasteiger charge is 2.42. The van der Waals surface area contributed by atoms with Crippen LogP contribution in [0.25, 0.3) is 11.0 Å². The molecule has 0 aliphatic carbocycles. The van der Waals surface area contributed by atoms with Crippen molar-refractivity contribution in [2.24, 2.45) is 0 Å². The van der Waals surface area contributed by atoms with Gasteiger partial charge in [0.1, 0.15) is 17.9 Å². The molecule has 6 heteroatoms. The summed E-state index contributed by atoms with van der Waals surface area (Å²) in [6.45, 7) is 4.35. The minimum atomic E-state index is -0.577. The van der Waals surface area contributed by atoms with Crippen molar-refractivity contribution in [3.63, 3.8) is 0 Å². The van der Waals surface area contributed by atoms with E-state index in [4.69, 9.17) is 9.15 Å². The van der Waals surface area contributed by atoms with Gasteiger partial charge in [-0.1, -0.05) is 43.0 Å². The third-order valence-corrected chi connectivity index (χ3v) is 5.51. The fourth-order valence-corrected chi connectivity index (χ4v) is 4.07. The van der Waals surface area contributed by atoms with E-state index in [-0.39, 0.29) is 17.1 Å². The maximum Gasteiger partial charge on any atom is 0.291 e. The lowest BCUT2D eigenvalue weighted by molar-refractivity contribution is 0.0714. The van der Waals surface area contributed by atoms with Crippen LogP contribution in [0.1, 0.15) is 33.3 Å². The zero-order valence-electron chi connectivity index (χ0n) is 17.2. The van der Waals surface area contributed by atoms with Crippen LogP contribution in [0.4, 0.5) is 0 Å². The first-order valence-electron chi connectivity index (χ1n) is 10.3. The lowest BCUT2D eigenvalue weighted by Gasteiger charge is -2.25. The fraction of sp³-hybridized carbons (Fsp3) is 0.115. The molecule has 5 rings (SSSR count). The topological polar surface area (TPSA) is 72.6 Å². The molecule has 0 saturated carbocycles. The summed E-state index contributed by atoms with van der Waals surface area (Å²) in [5, 5.41) is 0.457. The van der Waals surface area contributed by atoms with E-state index in [2.05, 4.69) is 11.6 Å². The molecule has 0 saturated heterocycles. The largest absolute Gasteiger partial charge is 0.490 e. The zero-order valence-corrected chi connectivity index (χ0v) is 17.2. The van der Waals surface area contributed by atoms with Gasteiger partial charge in [-0.05, 0) is 41.5 Å². The lowest BCUT2D eigenvalue weighted by Crippen LogP contribution is -2.29. The van der Waals surface area contributed by atoms with Crippen molar-refractivity contribution in [2.45, 2.75) is 12.6 Å². The van der Waals surface area contributed by atoms with E-state index in [1.54, 1.807) is 47.6 Å². The molecule has 3 heterocycles. The number of carbonyl (C=O) groups excluding carboxylic acids is 1. The summed E-state index contributed by atoms with van der Waals surface area (Å²) >= 11 is 0. The molecule has 4 aromatic rings. The molecule has 1 aliphatic heterocycles. The average Bonchev–Trinajstić information content (AvgIpc) is 3.10. The number of ether oxygens (including phenoxy) is 1. The van der Waals surface area contributed by atoms with Gasteiger partial charge < -0.3 is 14.1 Å². The van der Waals surface area contributed by atoms with Crippen LogP contribution < -0.4 is 10.2 Å². The van der Waals surface area contributed by atoms with Crippen LogP contribution in [0, 0.1) is 0 Å². The van der Waals surface area contributed by atoms with E-state index in [1.165, 1.54) is 0 Å². The maximum atomic E-state index is 13.5. The molecule has 0 N–H and O–H groups in total. The monoisotopic (exact) mass is 424 g/mol. The molecule has 32 heavy (non-hydrogen) atoms. The maximum absolute atomic E-state index is 13.5. The number of aromatic nitrogens is 1. The molecule has 2 aromatic heterocycles. The number of benzene rings is 2. The third kappa shape index (κ3) is 3.36. The van der Waals surface area contributed by atoms with Crippen molar-refractivity contribution < 1.29 is 13.9 Å². The second kappa shape index (κ2) is 8.15. The second-order valence-corrected chi connectivity index (χ2v) is 7.54. The highest BCUT2D eigenvalue weighted by molar-refractivity contribution is 5.99. The molecule has 0 spiro atoms. The quantitative estimate of drug-likeness (QED) is 0.426. The summed E-state index contributed by atoms with van der Waals surface area (Å²) in [4.78, 5) is 32.7. The molecule has 0 radical (unpaired) electrons. The molecule has 1 atom stereocenters. The van der Waals surface area contributed by atoms with E-state index >= 15 is 0 Å². The SMILES string of the molecule is C=CCOc1ccc([C@@H]2c3c(oc4ccccc4c3=O)C(=O)N2Cc2cccnc2)cc1. The number of pyridine rings is 1. The van der Waals surface area contributed by atoms with Crippen molar-refractivity contribution in [1.29, 1.82) is 0 Å². The van der Waals surface area contributed by atoms with Crippen LogP contribution in [0.2, 0.25) is 0 Å². The van der Waals surface area contributed by atoms with Gasteiger partial charge in [-0.3, -0.25) is 14.6 Å². The van der Waals surface area contributed by atoms with E-state index in [0.29, 0.717) is 35.4 Å². The smallest absolute Gasteiger partial charge is 0.291 e. The first-order chi connectivity index (χ1) is 15.7. The minimum Gasteiger partial charge on any atom is -0.490 e. The number of carbonyl (C=O) groups is 1. The number of fused-ring (bicyclic) bond motifs is 2. The van der Waals surface area contributed by atoms with E-state index < -0.39 is 6.04 Å². The van der Waals surface area contributed by atoms with Crippen molar-refractivity contribution in [3.05, 3.63) is 118 Å². The van der Waals surface area contributed by atoms with Crippen molar-refractivity contribution in [3.8, 4) is 5.75 Å². The predicted molar refractivity (Wildman–Crippen MR) is 121 cm³/mol. The van der Waals surface area contributed by atoms with E-state index in [1.807, 2.05) is 36.4 Å². The zero-order chi connectivity index (χ0) is 22.1. The van der Waals surface area contributed by atoms with Gasteiger partial charge in [0.2, 0.25) is 5.76 Å². The predicted octanol–water partition coefficient (Wildman–Crippen LogP) is 4.50. The Morgan fingerprint density at radius 2 is 1.88 bits per heavy atom.